The van der Waals surface area contributed by atoms with E-state index < -0.39 is 17.2 Å². The summed E-state index contributed by atoms with van der Waals surface area (Å²) in [7, 11) is 0. The highest BCUT2D eigenvalue weighted by Crippen LogP contribution is 2.17. The molecular weight excluding hydrogens is 404 g/mol. The molecule has 2 aromatic carbocycles. The Bertz CT molecular complexity index is 1340. The Morgan fingerprint density at radius 1 is 0.967 bits per heavy atom. The Balaban J connectivity index is 1.49. The first-order valence-corrected chi connectivity index (χ1v) is 9.81. The van der Waals surface area contributed by atoms with E-state index in [0.29, 0.717) is 23.6 Å². The number of amides is 1. The Morgan fingerprint density at radius 2 is 1.73 bits per heavy atom. The average Bonchev–Trinajstić information content (AvgIpc) is 3.15. The zero-order valence-electron chi connectivity index (χ0n) is 15.9. The minimum atomic E-state index is -0.664. The lowest BCUT2D eigenvalue weighted by molar-refractivity contribution is 0.0951. The van der Waals surface area contributed by atoms with Crippen LogP contribution in [0.25, 0.3) is 10.9 Å². The van der Waals surface area contributed by atoms with Gasteiger partial charge in [-0.3, -0.25) is 14.2 Å². The van der Waals surface area contributed by atoms with Gasteiger partial charge in [0, 0.05) is 34.9 Å². The quantitative estimate of drug-likeness (QED) is 0.445. The Hall–Kier alpha value is -3.58. The van der Waals surface area contributed by atoms with Crippen molar-refractivity contribution in [3.05, 3.63) is 103 Å². The summed E-state index contributed by atoms with van der Waals surface area (Å²) in [6.07, 6.45) is 3.66. The van der Waals surface area contributed by atoms with Crippen LogP contribution in [0.4, 0.5) is 0 Å². The topological polar surface area (TPSA) is 99.8 Å². The number of hydrogen-bond acceptors (Lipinski definition) is 3. The maximum absolute atomic E-state index is 12.7. The van der Waals surface area contributed by atoms with Gasteiger partial charge in [-0.15, -0.1) is 0 Å². The Morgan fingerprint density at radius 3 is 2.57 bits per heavy atom. The maximum Gasteiger partial charge on any atom is 0.328 e. The summed E-state index contributed by atoms with van der Waals surface area (Å²) in [5.74, 6) is -0.538. The van der Waals surface area contributed by atoms with Crippen LogP contribution in [0.15, 0.2) is 70.5 Å². The summed E-state index contributed by atoms with van der Waals surface area (Å²) in [6.45, 7) is 0.327. The van der Waals surface area contributed by atoms with Gasteiger partial charge in [0.05, 0.1) is 6.54 Å². The number of nitrogens with zero attached hydrogens (tertiary/aromatic N) is 1. The number of aromatic amines is 2. The van der Waals surface area contributed by atoms with Gasteiger partial charge in [0.1, 0.15) is 5.56 Å². The molecule has 2 heterocycles. The van der Waals surface area contributed by atoms with Crippen molar-refractivity contribution in [2.24, 2.45) is 0 Å². The number of halogens is 1. The van der Waals surface area contributed by atoms with E-state index in [0.717, 1.165) is 27.2 Å². The number of rotatable bonds is 6. The van der Waals surface area contributed by atoms with Crippen LogP contribution in [0.2, 0.25) is 5.02 Å². The molecule has 8 heteroatoms. The molecule has 0 aliphatic heterocycles. The standard InChI is InChI=1S/C22H19ClN4O3/c23-18-7-3-1-5-15(18)13-27-21(29)17(12-26-22(27)30)20(28)24-10-9-14-11-25-19-8-4-2-6-16(14)19/h1-8,11-12,25H,9-10,13H2,(H,24,28)(H,26,30). The van der Waals surface area contributed by atoms with Crippen LogP contribution in [0.1, 0.15) is 21.5 Å². The van der Waals surface area contributed by atoms with E-state index in [4.69, 9.17) is 11.6 Å². The lowest BCUT2D eigenvalue weighted by atomic mass is 10.1. The van der Waals surface area contributed by atoms with E-state index in [1.807, 2.05) is 30.5 Å². The van der Waals surface area contributed by atoms with Crippen molar-refractivity contribution in [3.8, 4) is 0 Å². The first kappa shape index (κ1) is 19.7. The van der Waals surface area contributed by atoms with Crippen LogP contribution in [-0.2, 0) is 13.0 Å². The van der Waals surface area contributed by atoms with Gasteiger partial charge in [-0.2, -0.15) is 0 Å². The van der Waals surface area contributed by atoms with Crippen LogP contribution < -0.4 is 16.6 Å². The number of hydrogen-bond donors (Lipinski definition) is 3. The summed E-state index contributed by atoms with van der Waals surface area (Å²) < 4.78 is 0.968. The molecule has 2 aromatic heterocycles. The highest BCUT2D eigenvalue weighted by molar-refractivity contribution is 6.31. The smallest absolute Gasteiger partial charge is 0.328 e. The van der Waals surface area contributed by atoms with Crippen LogP contribution in [0.5, 0.6) is 0 Å². The SMILES string of the molecule is O=C(NCCc1c[nH]c2ccccc12)c1c[nH]c(=O)n(Cc2ccccc2Cl)c1=O. The maximum atomic E-state index is 12.7. The number of H-pyrrole nitrogens is 2. The third-order valence-electron chi connectivity index (χ3n) is 4.95. The summed E-state index contributed by atoms with van der Waals surface area (Å²) in [6, 6.07) is 14.8. The molecule has 0 saturated heterocycles. The van der Waals surface area contributed by atoms with Crippen LogP contribution >= 0.6 is 11.6 Å². The molecule has 0 atom stereocenters. The van der Waals surface area contributed by atoms with Crippen molar-refractivity contribution in [3.63, 3.8) is 0 Å². The second-order valence-electron chi connectivity index (χ2n) is 6.86. The molecule has 0 radical (unpaired) electrons. The van der Waals surface area contributed by atoms with Crippen molar-refractivity contribution < 1.29 is 4.79 Å². The highest BCUT2D eigenvalue weighted by Gasteiger charge is 2.15. The fraction of sp³-hybridized carbons (Fsp3) is 0.136. The molecule has 0 fully saturated rings. The van der Waals surface area contributed by atoms with Gasteiger partial charge in [-0.1, -0.05) is 48.0 Å². The second kappa shape index (κ2) is 8.42. The van der Waals surface area contributed by atoms with Crippen molar-refractivity contribution in [2.75, 3.05) is 6.54 Å². The molecule has 4 aromatic rings. The lowest BCUT2D eigenvalue weighted by Gasteiger charge is -2.09. The van der Waals surface area contributed by atoms with Crippen LogP contribution in [0.3, 0.4) is 0 Å². The molecular formula is C22H19ClN4O3. The van der Waals surface area contributed by atoms with Gasteiger partial charge >= 0.3 is 5.69 Å². The van der Waals surface area contributed by atoms with Crippen molar-refractivity contribution in [1.82, 2.24) is 19.9 Å². The molecule has 4 rings (SSSR count). The van der Waals surface area contributed by atoms with Gasteiger partial charge < -0.3 is 15.3 Å². The number of nitrogens with one attached hydrogen (secondary N) is 3. The Kier molecular flexibility index (Phi) is 5.54. The van der Waals surface area contributed by atoms with Gasteiger partial charge in [0.2, 0.25) is 0 Å². The van der Waals surface area contributed by atoms with E-state index in [9.17, 15) is 14.4 Å². The highest BCUT2D eigenvalue weighted by atomic mass is 35.5. The fourth-order valence-electron chi connectivity index (χ4n) is 3.36. The first-order chi connectivity index (χ1) is 14.5. The van der Waals surface area contributed by atoms with Gasteiger partial charge in [0.15, 0.2) is 0 Å². The minimum absolute atomic E-state index is 0.0235. The molecule has 1 amide bonds. The number of para-hydroxylation sites is 1. The van der Waals surface area contributed by atoms with E-state index >= 15 is 0 Å². The summed E-state index contributed by atoms with van der Waals surface area (Å²) >= 11 is 6.13. The number of carbonyl (C=O) groups excluding carboxylic acids is 1. The van der Waals surface area contributed by atoms with E-state index in [1.165, 1.54) is 0 Å². The molecule has 0 aliphatic carbocycles. The molecule has 0 saturated carbocycles. The predicted octanol–water partition coefficient (Wildman–Crippen LogP) is 2.69. The summed E-state index contributed by atoms with van der Waals surface area (Å²) in [5, 5.41) is 4.29. The predicted molar refractivity (Wildman–Crippen MR) is 116 cm³/mol. The normalized spacial score (nSPS) is 11.0. The zero-order valence-corrected chi connectivity index (χ0v) is 16.7. The lowest BCUT2D eigenvalue weighted by Crippen LogP contribution is -2.41. The zero-order chi connectivity index (χ0) is 21.1. The molecule has 0 bridgehead atoms. The van der Waals surface area contributed by atoms with E-state index in [1.54, 1.807) is 24.3 Å². The third-order valence-corrected chi connectivity index (χ3v) is 5.32. The van der Waals surface area contributed by atoms with Gasteiger partial charge in [0.25, 0.3) is 11.5 Å². The van der Waals surface area contributed by atoms with Crippen molar-refractivity contribution in [2.45, 2.75) is 13.0 Å². The number of benzene rings is 2. The second-order valence-corrected chi connectivity index (χ2v) is 7.26. The van der Waals surface area contributed by atoms with Crippen molar-refractivity contribution in [1.29, 1.82) is 0 Å². The number of aromatic nitrogens is 3. The van der Waals surface area contributed by atoms with Gasteiger partial charge in [-0.05, 0) is 29.7 Å². The molecule has 30 heavy (non-hydrogen) atoms. The molecule has 3 N–H and O–H groups in total. The molecule has 0 unspecified atom stereocenters. The third kappa shape index (κ3) is 3.92. The van der Waals surface area contributed by atoms with E-state index in [-0.39, 0.29) is 12.1 Å². The molecule has 0 aliphatic rings. The average molecular weight is 423 g/mol. The van der Waals surface area contributed by atoms with Gasteiger partial charge in [-0.25, -0.2) is 4.79 Å². The van der Waals surface area contributed by atoms with Crippen LogP contribution in [-0.4, -0.2) is 27.0 Å². The largest absolute Gasteiger partial charge is 0.361 e. The van der Waals surface area contributed by atoms with Crippen molar-refractivity contribution >= 4 is 28.4 Å². The first-order valence-electron chi connectivity index (χ1n) is 9.43. The fourth-order valence-corrected chi connectivity index (χ4v) is 3.55. The Labute approximate surface area is 176 Å². The number of fused-ring (bicyclic) bond motifs is 1. The molecule has 152 valence electrons. The summed E-state index contributed by atoms with van der Waals surface area (Å²) in [4.78, 5) is 43.1. The molecule has 0 spiro atoms. The molecule has 7 nitrogen and oxygen atoms in total. The number of carbonyl (C=O) groups is 1. The van der Waals surface area contributed by atoms with Crippen LogP contribution in [0, 0.1) is 0 Å². The summed E-state index contributed by atoms with van der Waals surface area (Å²) in [5.41, 5.74) is 1.33. The minimum Gasteiger partial charge on any atom is -0.361 e. The van der Waals surface area contributed by atoms with E-state index in [2.05, 4.69) is 15.3 Å². The monoisotopic (exact) mass is 422 g/mol.